The smallest absolute Gasteiger partial charge is 0.130 e. The summed E-state index contributed by atoms with van der Waals surface area (Å²) in [5.74, 6) is 0.852. The first-order chi connectivity index (χ1) is 8.15. The Bertz CT molecular complexity index is 514. The van der Waals surface area contributed by atoms with Gasteiger partial charge in [-0.25, -0.2) is 9.97 Å². The number of rotatable bonds is 3. The van der Waals surface area contributed by atoms with Crippen LogP contribution in [0.1, 0.15) is 24.2 Å². The highest BCUT2D eigenvalue weighted by Crippen LogP contribution is 2.21. The monoisotopic (exact) mass is 291 g/mol. The van der Waals surface area contributed by atoms with E-state index in [1.807, 2.05) is 25.1 Å². The molecule has 88 valence electrons. The summed E-state index contributed by atoms with van der Waals surface area (Å²) in [4.78, 5) is 8.27. The van der Waals surface area contributed by atoms with Gasteiger partial charge in [0.1, 0.15) is 12.1 Å². The minimum Gasteiger partial charge on any atom is -0.363 e. The Hall–Kier alpha value is -1.42. The lowest BCUT2D eigenvalue weighted by Crippen LogP contribution is -2.08. The van der Waals surface area contributed by atoms with Crippen LogP contribution in [0.25, 0.3) is 0 Å². The van der Waals surface area contributed by atoms with Gasteiger partial charge in [-0.2, -0.15) is 0 Å². The first-order valence-corrected chi connectivity index (χ1v) is 6.25. The normalized spacial score (nSPS) is 12.2. The zero-order valence-corrected chi connectivity index (χ0v) is 11.4. The number of halogens is 1. The van der Waals surface area contributed by atoms with E-state index in [1.54, 1.807) is 6.33 Å². The predicted octanol–water partition coefficient (Wildman–Crippen LogP) is 3.72. The van der Waals surface area contributed by atoms with Crippen LogP contribution in [0, 0.1) is 6.92 Å². The summed E-state index contributed by atoms with van der Waals surface area (Å²) in [5, 5.41) is 3.35. The molecule has 0 aliphatic carbocycles. The summed E-state index contributed by atoms with van der Waals surface area (Å²) in [6.45, 7) is 4.07. The van der Waals surface area contributed by atoms with E-state index in [0.717, 1.165) is 16.0 Å². The summed E-state index contributed by atoms with van der Waals surface area (Å²) in [5.41, 5.74) is 2.18. The molecular weight excluding hydrogens is 278 g/mol. The zero-order valence-electron chi connectivity index (χ0n) is 9.81. The van der Waals surface area contributed by atoms with Crippen LogP contribution in [-0.4, -0.2) is 9.97 Å². The molecule has 0 fully saturated rings. The molecule has 0 bridgehead atoms. The number of hydrogen-bond donors (Lipinski definition) is 1. The lowest BCUT2D eigenvalue weighted by molar-refractivity contribution is 0.869. The molecule has 1 aromatic carbocycles. The van der Waals surface area contributed by atoms with Crippen LogP contribution >= 0.6 is 15.9 Å². The molecule has 0 spiro atoms. The van der Waals surface area contributed by atoms with Gasteiger partial charge < -0.3 is 5.32 Å². The fourth-order valence-corrected chi connectivity index (χ4v) is 2.03. The number of aromatic nitrogens is 2. The summed E-state index contributed by atoms with van der Waals surface area (Å²) >= 11 is 3.47. The lowest BCUT2D eigenvalue weighted by Gasteiger charge is -2.15. The van der Waals surface area contributed by atoms with Crippen molar-refractivity contribution < 1.29 is 0 Å². The first-order valence-electron chi connectivity index (χ1n) is 5.46. The number of hydrogen-bond acceptors (Lipinski definition) is 3. The SMILES string of the molecule is Cc1cc(NC(C)c2cccc(Br)c2)ncn1. The molecule has 0 saturated carbocycles. The molecular formula is C13H14BrN3. The summed E-state index contributed by atoms with van der Waals surface area (Å²) in [7, 11) is 0. The Morgan fingerprint density at radius 1 is 1.24 bits per heavy atom. The highest BCUT2D eigenvalue weighted by molar-refractivity contribution is 9.10. The van der Waals surface area contributed by atoms with Crippen LogP contribution in [0.2, 0.25) is 0 Å². The van der Waals surface area contributed by atoms with E-state index in [9.17, 15) is 0 Å². The van der Waals surface area contributed by atoms with E-state index in [-0.39, 0.29) is 6.04 Å². The molecule has 1 aromatic heterocycles. The highest BCUT2D eigenvalue weighted by Gasteiger charge is 2.06. The molecule has 0 aliphatic heterocycles. The summed E-state index contributed by atoms with van der Waals surface area (Å²) < 4.78 is 1.09. The van der Waals surface area contributed by atoms with Gasteiger partial charge in [-0.3, -0.25) is 0 Å². The Morgan fingerprint density at radius 3 is 2.76 bits per heavy atom. The van der Waals surface area contributed by atoms with Gasteiger partial charge in [0.2, 0.25) is 0 Å². The van der Waals surface area contributed by atoms with Crippen LogP contribution in [0.15, 0.2) is 41.1 Å². The maximum atomic E-state index is 4.19. The van der Waals surface area contributed by atoms with Gasteiger partial charge in [-0.15, -0.1) is 0 Å². The lowest BCUT2D eigenvalue weighted by atomic mass is 10.1. The Balaban J connectivity index is 2.14. The molecule has 2 aromatic rings. The van der Waals surface area contributed by atoms with E-state index in [2.05, 4.69) is 50.3 Å². The van der Waals surface area contributed by atoms with Crippen molar-refractivity contribution >= 4 is 21.7 Å². The van der Waals surface area contributed by atoms with Crippen LogP contribution in [0.3, 0.4) is 0 Å². The Morgan fingerprint density at radius 2 is 2.06 bits per heavy atom. The average Bonchev–Trinajstić information content (AvgIpc) is 2.29. The maximum Gasteiger partial charge on any atom is 0.130 e. The summed E-state index contributed by atoms with van der Waals surface area (Å²) in [6, 6.07) is 10.4. The van der Waals surface area contributed by atoms with Gasteiger partial charge in [-0.05, 0) is 31.5 Å². The summed E-state index contributed by atoms with van der Waals surface area (Å²) in [6.07, 6.45) is 1.57. The van der Waals surface area contributed by atoms with Crippen molar-refractivity contribution in [1.82, 2.24) is 9.97 Å². The molecule has 4 heteroatoms. The van der Waals surface area contributed by atoms with Crippen LogP contribution in [0.4, 0.5) is 5.82 Å². The number of aryl methyl sites for hydroxylation is 1. The minimum atomic E-state index is 0.210. The number of anilines is 1. The second-order valence-electron chi connectivity index (χ2n) is 3.97. The Kier molecular flexibility index (Phi) is 3.74. The van der Waals surface area contributed by atoms with Gasteiger partial charge in [0.25, 0.3) is 0 Å². The van der Waals surface area contributed by atoms with Crippen LogP contribution in [-0.2, 0) is 0 Å². The molecule has 17 heavy (non-hydrogen) atoms. The van der Waals surface area contributed by atoms with E-state index in [0.29, 0.717) is 0 Å². The molecule has 3 nitrogen and oxygen atoms in total. The second-order valence-corrected chi connectivity index (χ2v) is 4.88. The van der Waals surface area contributed by atoms with Gasteiger partial charge >= 0.3 is 0 Å². The van der Waals surface area contributed by atoms with E-state index in [4.69, 9.17) is 0 Å². The fraction of sp³-hybridized carbons (Fsp3) is 0.231. The molecule has 1 unspecified atom stereocenters. The molecule has 0 aliphatic rings. The third-order valence-electron chi connectivity index (χ3n) is 2.52. The van der Waals surface area contributed by atoms with Gasteiger partial charge in [0.15, 0.2) is 0 Å². The topological polar surface area (TPSA) is 37.8 Å². The van der Waals surface area contributed by atoms with Crippen LogP contribution in [0.5, 0.6) is 0 Å². The van der Waals surface area contributed by atoms with E-state index >= 15 is 0 Å². The van der Waals surface area contributed by atoms with E-state index < -0.39 is 0 Å². The number of nitrogens with one attached hydrogen (secondary N) is 1. The molecule has 2 rings (SSSR count). The zero-order chi connectivity index (χ0) is 12.3. The van der Waals surface area contributed by atoms with Crippen molar-refractivity contribution in [3.63, 3.8) is 0 Å². The quantitative estimate of drug-likeness (QED) is 0.937. The Labute approximate surface area is 109 Å². The standard InChI is InChI=1S/C13H14BrN3/c1-9-6-13(16-8-15-9)17-10(2)11-4-3-5-12(14)7-11/h3-8,10H,1-2H3,(H,15,16,17). The minimum absolute atomic E-state index is 0.210. The van der Waals surface area contributed by atoms with Crippen molar-refractivity contribution in [2.75, 3.05) is 5.32 Å². The number of nitrogens with zero attached hydrogens (tertiary/aromatic N) is 2. The van der Waals surface area contributed by atoms with Gasteiger partial charge in [0.05, 0.1) is 0 Å². The van der Waals surface area contributed by atoms with Crippen molar-refractivity contribution in [2.24, 2.45) is 0 Å². The third kappa shape index (κ3) is 3.27. The molecule has 0 saturated heterocycles. The second kappa shape index (κ2) is 5.27. The molecule has 1 heterocycles. The van der Waals surface area contributed by atoms with Crippen molar-refractivity contribution in [3.05, 3.63) is 52.4 Å². The van der Waals surface area contributed by atoms with Crippen LogP contribution < -0.4 is 5.32 Å². The first kappa shape index (κ1) is 12.0. The molecule has 0 amide bonds. The van der Waals surface area contributed by atoms with Crippen molar-refractivity contribution in [3.8, 4) is 0 Å². The van der Waals surface area contributed by atoms with Gasteiger partial charge in [0, 0.05) is 22.3 Å². The van der Waals surface area contributed by atoms with Gasteiger partial charge in [-0.1, -0.05) is 28.1 Å². The average molecular weight is 292 g/mol. The molecule has 1 N–H and O–H groups in total. The van der Waals surface area contributed by atoms with Crippen molar-refractivity contribution in [2.45, 2.75) is 19.9 Å². The largest absolute Gasteiger partial charge is 0.363 e. The third-order valence-corrected chi connectivity index (χ3v) is 3.01. The fourth-order valence-electron chi connectivity index (χ4n) is 1.61. The molecule has 1 atom stereocenters. The predicted molar refractivity (Wildman–Crippen MR) is 72.9 cm³/mol. The maximum absolute atomic E-state index is 4.19. The highest BCUT2D eigenvalue weighted by atomic mass is 79.9. The molecule has 0 radical (unpaired) electrons. The number of benzene rings is 1. The van der Waals surface area contributed by atoms with Crippen molar-refractivity contribution in [1.29, 1.82) is 0 Å². The van der Waals surface area contributed by atoms with E-state index in [1.165, 1.54) is 5.56 Å².